The van der Waals surface area contributed by atoms with Gasteiger partial charge in [-0.15, -0.1) is 0 Å². The van der Waals surface area contributed by atoms with Gasteiger partial charge in [0.05, 0.1) is 0 Å². The molecule has 0 aromatic carbocycles. The van der Waals surface area contributed by atoms with E-state index in [0.717, 1.165) is 24.7 Å². The summed E-state index contributed by atoms with van der Waals surface area (Å²) in [6.45, 7) is 0. The monoisotopic (exact) mass is 322 g/mol. The van der Waals surface area contributed by atoms with Crippen molar-refractivity contribution in [1.29, 1.82) is 0 Å². The molecule has 7 heteroatoms. The first-order chi connectivity index (χ1) is 9.82. The van der Waals surface area contributed by atoms with Crippen LogP contribution < -0.4 is 0 Å². The van der Waals surface area contributed by atoms with Crippen molar-refractivity contribution in [3.05, 3.63) is 0 Å². The maximum absolute atomic E-state index is 13.1. The highest BCUT2D eigenvalue weighted by atomic mass is 32.2. The summed E-state index contributed by atoms with van der Waals surface area (Å²) < 4.78 is 46.9. The van der Waals surface area contributed by atoms with E-state index in [2.05, 4.69) is 4.74 Å². The molecule has 21 heavy (non-hydrogen) atoms. The normalized spacial score (nSPS) is 30.7. The summed E-state index contributed by atoms with van der Waals surface area (Å²) in [6, 6.07) is 0. The largest absolute Gasteiger partial charge is 0.430 e. The number of fused-ring (bicyclic) bond motifs is 2. The molecule has 0 aromatic rings. The van der Waals surface area contributed by atoms with Crippen LogP contribution in [0, 0.1) is 17.8 Å². The molecule has 2 aliphatic carbocycles. The van der Waals surface area contributed by atoms with Crippen molar-refractivity contribution >= 4 is 16.1 Å². The van der Waals surface area contributed by atoms with Gasteiger partial charge >= 0.3 is 5.97 Å². The molecule has 2 fully saturated rings. The van der Waals surface area contributed by atoms with Gasteiger partial charge in [0.1, 0.15) is 5.75 Å². The van der Waals surface area contributed by atoms with Crippen LogP contribution in [0.3, 0.4) is 0 Å². The highest BCUT2D eigenvalue weighted by molar-refractivity contribution is 7.85. The predicted molar refractivity (Wildman–Crippen MR) is 74.8 cm³/mol. The van der Waals surface area contributed by atoms with E-state index in [1.165, 1.54) is 25.7 Å². The second-order valence-electron chi connectivity index (χ2n) is 6.42. The van der Waals surface area contributed by atoms with Crippen molar-refractivity contribution in [2.45, 2.75) is 57.7 Å². The summed E-state index contributed by atoms with van der Waals surface area (Å²) in [5, 5.41) is 0. The fourth-order valence-corrected chi connectivity index (χ4v) is 4.23. The summed E-state index contributed by atoms with van der Waals surface area (Å²) in [6.07, 6.45) is 5.92. The van der Waals surface area contributed by atoms with E-state index in [1.807, 2.05) is 0 Å². The molecule has 0 saturated heterocycles. The number of rotatable bonds is 6. The lowest BCUT2D eigenvalue weighted by Gasteiger charge is -2.39. The number of hydrogen-bond acceptors (Lipinski definition) is 4. The van der Waals surface area contributed by atoms with Gasteiger partial charge in [0.15, 0.2) is 0 Å². The van der Waals surface area contributed by atoms with Crippen LogP contribution in [-0.2, 0) is 19.6 Å². The summed E-state index contributed by atoms with van der Waals surface area (Å²) in [5.74, 6) is 0.0915. The second-order valence-corrected chi connectivity index (χ2v) is 7.92. The lowest BCUT2D eigenvalue weighted by molar-refractivity contribution is -0.156. The number of alkyl halides is 1. The van der Waals surface area contributed by atoms with Gasteiger partial charge in [-0.2, -0.15) is 8.42 Å². The fraction of sp³-hybridized carbons (Fsp3) is 0.929. The average Bonchev–Trinajstić information content (AvgIpc) is 2.33. The van der Waals surface area contributed by atoms with E-state index in [4.69, 9.17) is 4.55 Å². The highest BCUT2D eigenvalue weighted by Gasteiger charge is 2.32. The van der Waals surface area contributed by atoms with E-state index in [1.54, 1.807) is 0 Å². The van der Waals surface area contributed by atoms with Gasteiger partial charge in [0.2, 0.25) is 0 Å². The van der Waals surface area contributed by atoms with Crippen LogP contribution in [0.4, 0.5) is 4.39 Å². The van der Waals surface area contributed by atoms with Gasteiger partial charge < -0.3 is 4.74 Å². The Bertz CT molecular complexity index is 452. The fourth-order valence-electron chi connectivity index (χ4n) is 3.83. The number of halogens is 1. The van der Waals surface area contributed by atoms with E-state index in [9.17, 15) is 17.6 Å². The maximum atomic E-state index is 13.1. The van der Waals surface area contributed by atoms with Crippen molar-refractivity contribution in [3.8, 4) is 0 Å². The molecule has 3 atom stereocenters. The molecule has 0 aromatic heterocycles. The second kappa shape index (κ2) is 7.05. The van der Waals surface area contributed by atoms with E-state index in [-0.39, 0.29) is 6.42 Å². The zero-order valence-electron chi connectivity index (χ0n) is 12.0. The Hall–Kier alpha value is -0.690. The number of hydrogen-bond donors (Lipinski definition) is 1. The number of carbonyl (C=O) groups is 1. The van der Waals surface area contributed by atoms with Crippen molar-refractivity contribution in [2.24, 2.45) is 17.8 Å². The van der Waals surface area contributed by atoms with Crippen LogP contribution in [0.15, 0.2) is 0 Å². The Balaban J connectivity index is 1.69. The van der Waals surface area contributed by atoms with Crippen LogP contribution in [0.25, 0.3) is 0 Å². The van der Waals surface area contributed by atoms with E-state index in [0.29, 0.717) is 12.3 Å². The molecule has 122 valence electrons. The van der Waals surface area contributed by atoms with Crippen molar-refractivity contribution in [3.63, 3.8) is 0 Å². The summed E-state index contributed by atoms with van der Waals surface area (Å²) in [4.78, 5) is 11.5. The molecule has 0 spiro atoms. The zero-order chi connectivity index (χ0) is 15.5. The van der Waals surface area contributed by atoms with Crippen LogP contribution in [-0.4, -0.2) is 31.1 Å². The topological polar surface area (TPSA) is 80.7 Å². The van der Waals surface area contributed by atoms with E-state index < -0.39 is 28.2 Å². The molecule has 0 amide bonds. The Morgan fingerprint density at radius 3 is 2.43 bits per heavy atom. The molecule has 0 aliphatic heterocycles. The Labute approximate surface area is 125 Å². The quantitative estimate of drug-likeness (QED) is 0.601. The standard InChI is InChI=1S/C14H23FO5S/c15-13(9-21(17,18)19)20-14(16)5-4-12-7-10-2-1-3-11(6-10)8-12/h10-13H,1-9H2,(H,17,18,19). The van der Waals surface area contributed by atoms with Gasteiger partial charge in [-0.25, -0.2) is 4.39 Å². The molecule has 0 radical (unpaired) electrons. The minimum Gasteiger partial charge on any atom is -0.430 e. The molecule has 3 unspecified atom stereocenters. The number of carbonyl (C=O) groups excluding carboxylic acids is 1. The van der Waals surface area contributed by atoms with Gasteiger partial charge in [0.25, 0.3) is 16.5 Å². The molecule has 0 heterocycles. The van der Waals surface area contributed by atoms with Crippen molar-refractivity contribution in [2.75, 3.05) is 5.75 Å². The minimum absolute atomic E-state index is 0.107. The third-order valence-corrected chi connectivity index (χ3v) is 5.27. The lowest BCUT2D eigenvalue weighted by atomic mass is 9.67. The third-order valence-electron chi connectivity index (χ3n) is 4.58. The molecule has 1 N–H and O–H groups in total. The van der Waals surface area contributed by atoms with Crippen molar-refractivity contribution in [1.82, 2.24) is 0 Å². The zero-order valence-corrected chi connectivity index (χ0v) is 12.9. The number of esters is 1. The lowest BCUT2D eigenvalue weighted by Crippen LogP contribution is -2.27. The van der Waals surface area contributed by atoms with Crippen molar-refractivity contribution < 1.29 is 26.9 Å². The molecule has 2 rings (SSSR count). The van der Waals surface area contributed by atoms with Gasteiger partial charge in [-0.3, -0.25) is 9.35 Å². The molecule has 2 aliphatic rings. The minimum atomic E-state index is -4.47. The predicted octanol–water partition coefficient (Wildman–Crippen LogP) is 2.71. The van der Waals surface area contributed by atoms with Crippen LogP contribution in [0.1, 0.15) is 51.4 Å². The van der Waals surface area contributed by atoms with Gasteiger partial charge in [-0.05, 0) is 43.4 Å². The van der Waals surface area contributed by atoms with Gasteiger partial charge in [-0.1, -0.05) is 19.3 Å². The molecule has 2 saturated carbocycles. The van der Waals surface area contributed by atoms with Crippen LogP contribution >= 0.6 is 0 Å². The summed E-state index contributed by atoms with van der Waals surface area (Å²) in [5.41, 5.74) is 0. The third kappa shape index (κ3) is 5.90. The molecule has 5 nitrogen and oxygen atoms in total. The maximum Gasteiger partial charge on any atom is 0.308 e. The average molecular weight is 322 g/mol. The van der Waals surface area contributed by atoms with Gasteiger partial charge in [0, 0.05) is 6.42 Å². The Kier molecular flexibility index (Phi) is 5.60. The van der Waals surface area contributed by atoms with E-state index >= 15 is 0 Å². The first kappa shape index (κ1) is 16.7. The highest BCUT2D eigenvalue weighted by Crippen LogP contribution is 2.43. The first-order valence-electron chi connectivity index (χ1n) is 7.60. The summed E-state index contributed by atoms with van der Waals surface area (Å²) >= 11 is 0. The molecule has 2 bridgehead atoms. The Morgan fingerprint density at radius 1 is 1.24 bits per heavy atom. The SMILES string of the molecule is O=C(CCC1CC2CCCC(C2)C1)OC(F)CS(=O)(=O)O. The summed E-state index contributed by atoms with van der Waals surface area (Å²) in [7, 11) is -4.47. The molecular weight excluding hydrogens is 299 g/mol. The number of ether oxygens (including phenoxy) is 1. The smallest absolute Gasteiger partial charge is 0.308 e. The first-order valence-corrected chi connectivity index (χ1v) is 9.21. The molecular formula is C14H23FO5S. The Morgan fingerprint density at radius 2 is 1.86 bits per heavy atom. The van der Waals surface area contributed by atoms with Crippen LogP contribution in [0.5, 0.6) is 0 Å². The van der Waals surface area contributed by atoms with Crippen LogP contribution in [0.2, 0.25) is 0 Å².